The van der Waals surface area contributed by atoms with Crippen LogP contribution in [0, 0.1) is 0 Å². The molecule has 0 saturated carbocycles. The van der Waals surface area contributed by atoms with Crippen LogP contribution < -0.4 is 413 Å². The van der Waals surface area contributed by atoms with Crippen molar-refractivity contribution in [3.05, 3.63) is 0 Å². The van der Waals surface area contributed by atoms with Gasteiger partial charge < -0.3 is 86.1 Å². The molecule has 0 rings (SSSR count). The molecule has 0 aromatic carbocycles. The number of hydrogen-bond acceptors (Lipinski definition) is 18. The number of rotatable bonds is 0. The van der Waals surface area contributed by atoms with Gasteiger partial charge >= 0.3 is 355 Å². The summed E-state index contributed by atoms with van der Waals surface area (Å²) in [6, 6.07) is 0. The second-order valence-corrected chi connectivity index (χ2v) is 7.75. The van der Waals surface area contributed by atoms with Gasteiger partial charge in [-0.2, -0.15) is 0 Å². The summed E-state index contributed by atoms with van der Waals surface area (Å²) in [4.78, 5) is 101. The van der Waals surface area contributed by atoms with Crippen molar-refractivity contribution in [1.29, 1.82) is 0 Å². The predicted molar refractivity (Wildman–Crippen MR) is 52.3 cm³/mol. The van der Waals surface area contributed by atoms with E-state index in [9.17, 15) is 25.2 Å². The van der Waals surface area contributed by atoms with Crippen molar-refractivity contribution in [3.8, 4) is 0 Å². The Bertz CT molecular complexity index is 510. The molecule has 0 fully saturated rings. The van der Waals surface area contributed by atoms with Gasteiger partial charge in [0.15, 0.2) is 0 Å². The van der Waals surface area contributed by atoms with Crippen LogP contribution in [-0.4, -0.2) is 0 Å². The summed E-state index contributed by atoms with van der Waals surface area (Å²) in [5.74, 6) is 0. The average Bonchev–Trinajstić information content (AvgIpc) is 1.94. The molecule has 0 aliphatic rings. The Morgan fingerprint density at radius 1 is 0.214 bits per heavy atom. The molecule has 18 nitrogen and oxygen atoms in total. The standard InChI is InChI=1S/6FH2O3P.12Na/c6*1-5(2,3)4;;;;;;;;;;;;/h6*(H2,2,3,4);;;;;;;;;;;;/q;;;;;;12*+1/p-12. The van der Waals surface area contributed by atoms with E-state index >= 15 is 0 Å². The third-order valence-electron chi connectivity index (χ3n) is 0. The first-order valence-electron chi connectivity index (χ1n) is 4.30. The van der Waals surface area contributed by atoms with Crippen molar-refractivity contribution in [2.24, 2.45) is 0 Å². The van der Waals surface area contributed by atoms with Gasteiger partial charge in [0.05, 0.1) is 0 Å². The van der Waals surface area contributed by atoms with Crippen LogP contribution in [0.3, 0.4) is 0 Å². The summed E-state index contributed by atoms with van der Waals surface area (Å²) >= 11 is 0. The van der Waals surface area contributed by atoms with Gasteiger partial charge in [0, 0.05) is 0 Å². The summed E-state index contributed by atoms with van der Waals surface area (Å²) in [6.45, 7) is 0. The van der Waals surface area contributed by atoms with E-state index in [1.54, 1.807) is 0 Å². The molecular weight excluding hydrogens is 864 g/mol. The van der Waals surface area contributed by atoms with E-state index in [0.717, 1.165) is 0 Å². The Kier molecular flexibility index (Phi) is 175. The van der Waals surface area contributed by atoms with Crippen LogP contribution in [0.1, 0.15) is 0 Å². The van der Waals surface area contributed by atoms with Gasteiger partial charge in [-0.05, 0) is 0 Å². The smallest absolute Gasteiger partial charge is 0.786 e. The van der Waals surface area contributed by atoms with E-state index in [0.29, 0.717) is 0 Å². The molecule has 0 aliphatic carbocycles. The SMILES string of the molecule is O=P([O-])([O-])F.O=P([O-])([O-])F.O=P([O-])([O-])F.O=P([O-])([O-])F.O=P([O-])([O-])F.O=P([O-])([O-])F.[Na+].[Na+].[Na+].[Na+].[Na+].[Na+].[Na+].[Na+].[Na+].[Na+].[Na+].[Na+]. The summed E-state index contributed by atoms with van der Waals surface area (Å²) < 4.78 is 111. The Morgan fingerprint density at radius 3 is 0.214 bits per heavy atom. The molecule has 0 aromatic heterocycles. The van der Waals surface area contributed by atoms with E-state index in [2.05, 4.69) is 0 Å². The van der Waals surface area contributed by atoms with Crippen LogP contribution in [-0.2, 0) is 27.4 Å². The Balaban J connectivity index is -0.00000000973. The van der Waals surface area contributed by atoms with Crippen LogP contribution >= 0.6 is 47.4 Å². The molecular formula is F6Na12O18P6. The zero-order valence-corrected chi connectivity index (χ0v) is 53.7. The zero-order chi connectivity index (χ0) is 27.0. The zero-order valence-electron chi connectivity index (χ0n) is 24.3. The molecule has 0 N–H and O–H groups in total. The first kappa shape index (κ1) is 117. The van der Waals surface area contributed by atoms with Crippen LogP contribution in [0.25, 0.3) is 0 Å². The third kappa shape index (κ3) is 893. The molecule has 0 atom stereocenters. The van der Waals surface area contributed by atoms with E-state index in [1.165, 1.54) is 0 Å². The molecule has 0 heterocycles. The molecule has 0 bridgehead atoms. The van der Waals surface area contributed by atoms with Crippen LogP contribution in [0.2, 0.25) is 0 Å². The Hall–Kier alpha value is 12.5. The average molecular weight is 864 g/mol. The van der Waals surface area contributed by atoms with Gasteiger partial charge in [-0.15, -0.1) is 0 Å². The van der Waals surface area contributed by atoms with Crippen molar-refractivity contribution in [2.75, 3.05) is 0 Å². The van der Waals surface area contributed by atoms with E-state index in [4.69, 9.17) is 86.1 Å². The summed E-state index contributed by atoms with van der Waals surface area (Å²) in [5, 5.41) is 0. The van der Waals surface area contributed by atoms with Gasteiger partial charge in [0.25, 0.3) is 0 Å². The maximum Gasteiger partial charge on any atom is 1.00 e. The Labute approximate surface area is 500 Å². The van der Waals surface area contributed by atoms with Gasteiger partial charge in [-0.25, -0.2) is 25.2 Å². The monoisotopic (exact) mass is 864 g/mol. The maximum atomic E-state index is 10.1. The Morgan fingerprint density at radius 2 is 0.214 bits per heavy atom. The molecule has 42 heteroatoms. The second kappa shape index (κ2) is 62.7. The first-order valence-corrected chi connectivity index (χ1v) is 12.9. The molecule has 0 aliphatic heterocycles. The van der Waals surface area contributed by atoms with Crippen LogP contribution in [0.15, 0.2) is 0 Å². The number of hydrogen-bond donors (Lipinski definition) is 0. The van der Waals surface area contributed by atoms with Crippen LogP contribution in [0.4, 0.5) is 25.2 Å². The van der Waals surface area contributed by atoms with Crippen molar-refractivity contribution >= 4 is 47.4 Å². The maximum absolute atomic E-state index is 10.1. The minimum Gasteiger partial charge on any atom is -0.786 e. The van der Waals surface area contributed by atoms with Crippen molar-refractivity contribution in [3.63, 3.8) is 0 Å². The quantitative estimate of drug-likeness (QED) is 0.124. The van der Waals surface area contributed by atoms with Crippen molar-refractivity contribution in [1.82, 2.24) is 0 Å². The molecule has 0 spiro atoms. The molecule has 42 heavy (non-hydrogen) atoms. The second-order valence-electron chi connectivity index (χ2n) is 2.58. The largest absolute Gasteiger partial charge is 1.00 e. The van der Waals surface area contributed by atoms with Crippen molar-refractivity contribution in [2.45, 2.75) is 0 Å². The fraction of sp³-hybridized carbons (Fsp3) is 0. The molecule has 0 saturated heterocycles. The fourth-order valence-electron chi connectivity index (χ4n) is 0. The normalized spacial score (nSPS) is 8.43. The molecule has 0 aromatic rings. The number of halogens is 6. The van der Waals surface area contributed by atoms with Gasteiger partial charge in [-0.1, -0.05) is 0 Å². The summed E-state index contributed by atoms with van der Waals surface area (Å²) in [6.07, 6.45) is 0. The molecule has 192 valence electrons. The van der Waals surface area contributed by atoms with E-state index < -0.39 is 47.4 Å². The minimum absolute atomic E-state index is 0. The molecule has 0 unspecified atom stereocenters. The third-order valence-corrected chi connectivity index (χ3v) is 0. The van der Waals surface area contributed by atoms with Gasteiger partial charge in [-0.3, -0.25) is 0 Å². The van der Waals surface area contributed by atoms with Crippen molar-refractivity contribution < 1.29 is 466 Å². The van der Waals surface area contributed by atoms with Crippen LogP contribution in [0.5, 0.6) is 0 Å². The summed E-state index contributed by atoms with van der Waals surface area (Å²) in [7, 11) is -33.8. The first-order chi connectivity index (χ1) is 12.0. The summed E-state index contributed by atoms with van der Waals surface area (Å²) in [5.41, 5.74) is 0. The molecule has 0 amide bonds. The van der Waals surface area contributed by atoms with Gasteiger partial charge in [0.2, 0.25) is 0 Å². The topological polar surface area (TPSA) is 379 Å². The fourth-order valence-corrected chi connectivity index (χ4v) is 0. The molecule has 0 radical (unpaired) electrons. The minimum atomic E-state index is -5.64. The predicted octanol–water partition coefficient (Wildman–Crippen LogP) is -43.2. The van der Waals surface area contributed by atoms with E-state index in [-0.39, 0.29) is 355 Å². The van der Waals surface area contributed by atoms with Gasteiger partial charge in [0.1, 0.15) is 47.4 Å². The van der Waals surface area contributed by atoms with E-state index in [1.807, 2.05) is 0 Å².